The van der Waals surface area contributed by atoms with E-state index in [0.29, 0.717) is 25.7 Å². The van der Waals surface area contributed by atoms with Crippen molar-refractivity contribution in [3.05, 3.63) is 182 Å². The molecule has 108 heavy (non-hydrogen) atoms. The van der Waals surface area contributed by atoms with Crippen LogP contribution in [0.15, 0.2) is 182 Å². The number of carbonyl (C=O) groups is 4. The number of hydrogen-bond donors (Lipinski definition) is 3. The molecule has 19 heteroatoms. The summed E-state index contributed by atoms with van der Waals surface area (Å²) in [6.07, 6.45) is 95.8. The molecule has 0 spiro atoms. The highest BCUT2D eigenvalue weighted by Gasteiger charge is 2.30. The van der Waals surface area contributed by atoms with Crippen molar-refractivity contribution in [3.8, 4) is 0 Å². The van der Waals surface area contributed by atoms with Gasteiger partial charge in [-0.15, -0.1) is 0 Å². The molecule has 0 rings (SSSR count). The molecule has 0 aliphatic rings. The second kappa shape index (κ2) is 79.3. The van der Waals surface area contributed by atoms with Crippen molar-refractivity contribution in [2.24, 2.45) is 0 Å². The number of aliphatic hydroxyl groups is 1. The summed E-state index contributed by atoms with van der Waals surface area (Å²) in [7, 11) is -10.0. The fourth-order valence-electron chi connectivity index (χ4n) is 10.2. The molecule has 0 aromatic rings. The predicted octanol–water partition coefficient (Wildman–Crippen LogP) is 24.3. The normalized spacial score (nSPS) is 14.8. The molecule has 0 aliphatic heterocycles. The zero-order valence-electron chi connectivity index (χ0n) is 66.9. The van der Waals surface area contributed by atoms with Crippen LogP contribution in [0.2, 0.25) is 0 Å². The molecule has 612 valence electrons. The van der Waals surface area contributed by atoms with Crippen molar-refractivity contribution in [1.29, 1.82) is 0 Å². The maximum atomic E-state index is 13.1. The molecular weight excluding hydrogens is 1400 g/mol. The Morgan fingerprint density at radius 1 is 0.269 bits per heavy atom. The van der Waals surface area contributed by atoms with Crippen molar-refractivity contribution >= 4 is 39.5 Å². The lowest BCUT2D eigenvalue weighted by Gasteiger charge is -2.21. The minimum atomic E-state index is -5.01. The highest BCUT2D eigenvalue weighted by atomic mass is 31.2. The van der Waals surface area contributed by atoms with Gasteiger partial charge in [0.2, 0.25) is 0 Å². The topological polar surface area (TPSA) is 237 Å². The van der Waals surface area contributed by atoms with Crippen LogP contribution in [0.4, 0.5) is 0 Å². The van der Waals surface area contributed by atoms with Crippen molar-refractivity contribution in [1.82, 2.24) is 0 Å². The van der Waals surface area contributed by atoms with Crippen LogP contribution < -0.4 is 0 Å². The number of aliphatic hydroxyl groups excluding tert-OH is 1. The summed E-state index contributed by atoms with van der Waals surface area (Å²) >= 11 is 0. The Bertz CT molecular complexity index is 2760. The summed E-state index contributed by atoms with van der Waals surface area (Å²) in [5.41, 5.74) is 0. The molecule has 0 saturated carbocycles. The number of phosphoric acid groups is 2. The van der Waals surface area contributed by atoms with E-state index in [1.54, 1.807) is 0 Å². The zero-order chi connectivity index (χ0) is 78.9. The van der Waals surface area contributed by atoms with Crippen molar-refractivity contribution < 1.29 is 80.2 Å². The Balaban J connectivity index is 5.50. The third-order valence-corrected chi connectivity index (χ3v) is 18.2. The summed E-state index contributed by atoms with van der Waals surface area (Å²) in [6, 6.07) is 0. The predicted molar refractivity (Wildman–Crippen MR) is 445 cm³/mol. The molecule has 5 atom stereocenters. The third kappa shape index (κ3) is 78.3. The number of phosphoric ester groups is 2. The lowest BCUT2D eigenvalue weighted by molar-refractivity contribution is -0.161. The van der Waals surface area contributed by atoms with Crippen LogP contribution in [0.5, 0.6) is 0 Å². The second-order valence-electron chi connectivity index (χ2n) is 26.6. The quantitative estimate of drug-likeness (QED) is 0.0169. The summed E-state index contributed by atoms with van der Waals surface area (Å²) in [4.78, 5) is 73.1. The first-order valence-corrected chi connectivity index (χ1v) is 44.0. The highest BCUT2D eigenvalue weighted by molar-refractivity contribution is 7.47. The van der Waals surface area contributed by atoms with Crippen molar-refractivity contribution in [2.75, 3.05) is 39.6 Å². The van der Waals surface area contributed by atoms with Gasteiger partial charge >= 0.3 is 39.5 Å². The molecule has 0 heterocycles. The number of ether oxygens (including phenoxy) is 4. The van der Waals surface area contributed by atoms with E-state index in [2.05, 4.69) is 210 Å². The molecule has 0 amide bonds. The second-order valence-corrected chi connectivity index (χ2v) is 29.5. The fraction of sp³-hybridized carbons (Fsp3) is 0.618. The van der Waals surface area contributed by atoms with E-state index in [9.17, 15) is 43.2 Å². The molecule has 17 nitrogen and oxygen atoms in total. The van der Waals surface area contributed by atoms with Crippen LogP contribution in [0.25, 0.3) is 0 Å². The van der Waals surface area contributed by atoms with Gasteiger partial charge in [-0.2, -0.15) is 0 Å². The lowest BCUT2D eigenvalue weighted by atomic mass is 10.1. The number of esters is 4. The number of hydrogen-bond acceptors (Lipinski definition) is 15. The minimum absolute atomic E-state index is 0.0396. The SMILES string of the molecule is CC/C=C\C/C=C\C/C=C\C/C=C\C/C=C\CCCCCC(=O)OCC(COP(=O)(O)OCC(O)COP(=O)(O)OCC(COC(=O)CCCC/C=C\C/C=C\C/C=C\C/C=C\CC)OC(=O)CCCCCCC/C=C\CCCCCCCC)OC(=O)CCCCC/C=C\C/C=C\C/C=C\C/C=C\C/C=C\CC. The summed E-state index contributed by atoms with van der Waals surface area (Å²) in [6.45, 7) is 4.39. The number of allylic oxidation sites excluding steroid dienone is 30. The van der Waals surface area contributed by atoms with Gasteiger partial charge in [0.15, 0.2) is 12.2 Å². The maximum Gasteiger partial charge on any atom is 0.472 e. The first-order chi connectivity index (χ1) is 52.7. The zero-order valence-corrected chi connectivity index (χ0v) is 68.7. The van der Waals surface area contributed by atoms with Crippen molar-refractivity contribution in [3.63, 3.8) is 0 Å². The standard InChI is InChI=1S/C89H144O17P2/c1-5-9-13-17-21-25-29-33-37-39-41-43-47-50-54-58-62-66-70-74-87(92)100-80-85(106-89(94)76-72-68-64-60-56-52-48-44-42-40-38-34-30-26-22-18-14-10-6-2)82-104-108(97,98)102-78-83(90)77-101-107(95,96)103-81-84(105-88(93)75-71-67-63-59-55-51-46-36-32-28-24-20-16-12-8-4)79-99-86(91)73-69-65-61-57-53-49-45-35-31-27-23-19-15-11-7-3/h9-11,13-15,21-23,25-27,33-38,41-46,50,52-54,56-57,83-85,90H,5-8,12,16-20,24,28-32,39-40,47-49,51,55,58-82H2,1-4H3,(H,95,96)(H,97,98)/b13-9-,14-10-,15-11-,25-21-,26-22-,27-23-,37-33-,38-34-,43-41-,44-42-,45-35-,46-36-,54-50-,56-52-,57-53-. The van der Waals surface area contributed by atoms with E-state index in [4.69, 9.17) is 37.0 Å². The summed E-state index contributed by atoms with van der Waals surface area (Å²) in [5.74, 6) is -2.32. The molecule has 0 radical (unpaired) electrons. The molecule has 0 aromatic carbocycles. The van der Waals surface area contributed by atoms with Gasteiger partial charge in [0.05, 0.1) is 26.4 Å². The molecule has 0 aromatic heterocycles. The van der Waals surface area contributed by atoms with E-state index in [1.165, 1.54) is 38.5 Å². The Morgan fingerprint density at radius 3 is 0.778 bits per heavy atom. The summed E-state index contributed by atoms with van der Waals surface area (Å²) in [5, 5.41) is 10.7. The highest BCUT2D eigenvalue weighted by Crippen LogP contribution is 2.45. The average molecular weight is 1550 g/mol. The maximum absolute atomic E-state index is 13.1. The molecule has 5 unspecified atom stereocenters. The van der Waals surface area contributed by atoms with Crippen LogP contribution >= 0.6 is 15.6 Å². The van der Waals surface area contributed by atoms with Crippen LogP contribution in [0.1, 0.15) is 297 Å². The molecule has 0 aliphatic carbocycles. The Morgan fingerprint density at radius 2 is 0.481 bits per heavy atom. The monoisotopic (exact) mass is 1550 g/mol. The molecule has 3 N–H and O–H groups in total. The molecule has 0 fully saturated rings. The van der Waals surface area contributed by atoms with E-state index < -0.39 is 97.5 Å². The molecule has 0 saturated heterocycles. The van der Waals surface area contributed by atoms with Gasteiger partial charge in [-0.1, -0.05) is 274 Å². The van der Waals surface area contributed by atoms with Crippen LogP contribution in [0.3, 0.4) is 0 Å². The Hall–Kier alpha value is -5.84. The van der Waals surface area contributed by atoms with Gasteiger partial charge in [0, 0.05) is 25.7 Å². The van der Waals surface area contributed by atoms with Crippen LogP contribution in [-0.2, 0) is 65.4 Å². The molecular formula is C89H144O17P2. The lowest BCUT2D eigenvalue weighted by Crippen LogP contribution is -2.30. The van der Waals surface area contributed by atoms with Gasteiger partial charge < -0.3 is 33.8 Å². The van der Waals surface area contributed by atoms with E-state index in [0.717, 1.165) is 180 Å². The average Bonchev–Trinajstić information content (AvgIpc) is 0.896. The van der Waals surface area contributed by atoms with Gasteiger partial charge in [-0.25, -0.2) is 9.13 Å². The number of carbonyl (C=O) groups excluding carboxylic acids is 4. The van der Waals surface area contributed by atoms with Crippen molar-refractivity contribution in [2.45, 2.75) is 316 Å². The van der Waals surface area contributed by atoms with E-state index >= 15 is 0 Å². The Kier molecular flexibility index (Phi) is 75.0. The van der Waals surface area contributed by atoms with Gasteiger partial charge in [-0.05, 0) is 180 Å². The Labute approximate surface area is 654 Å². The first kappa shape index (κ1) is 102. The largest absolute Gasteiger partial charge is 0.472 e. The smallest absolute Gasteiger partial charge is 0.462 e. The minimum Gasteiger partial charge on any atom is -0.462 e. The number of unbranched alkanes of at least 4 members (excludes halogenated alkanes) is 19. The van der Waals surface area contributed by atoms with Gasteiger partial charge in [0.25, 0.3) is 0 Å². The molecule has 0 bridgehead atoms. The van der Waals surface area contributed by atoms with Gasteiger partial charge in [0.1, 0.15) is 19.3 Å². The fourth-order valence-corrected chi connectivity index (χ4v) is 11.8. The number of rotatable bonds is 75. The first-order valence-electron chi connectivity index (χ1n) is 41.0. The van der Waals surface area contributed by atoms with E-state index in [-0.39, 0.29) is 25.7 Å². The van der Waals surface area contributed by atoms with E-state index in [1.807, 2.05) is 0 Å². The van der Waals surface area contributed by atoms with Crippen LogP contribution in [0, 0.1) is 0 Å². The van der Waals surface area contributed by atoms with Crippen LogP contribution in [-0.4, -0.2) is 96.7 Å². The van der Waals surface area contributed by atoms with Gasteiger partial charge in [-0.3, -0.25) is 37.3 Å². The summed E-state index contributed by atoms with van der Waals surface area (Å²) < 4.78 is 68.6. The third-order valence-electron chi connectivity index (χ3n) is 16.3.